The maximum absolute atomic E-state index is 14.4. The summed E-state index contributed by atoms with van der Waals surface area (Å²) in [5, 5.41) is 16.5. The van der Waals surface area contributed by atoms with Gasteiger partial charge in [-0.25, -0.2) is 13.6 Å². The molecule has 0 bridgehead atoms. The van der Waals surface area contributed by atoms with Crippen LogP contribution < -0.4 is 10.6 Å². The number of likely N-dealkylation sites (tertiary alicyclic amines) is 1. The number of nitrogens with one attached hydrogen (secondary N) is 2. The summed E-state index contributed by atoms with van der Waals surface area (Å²) in [4.78, 5) is 14.7. The maximum atomic E-state index is 14.4. The van der Waals surface area contributed by atoms with Crippen molar-refractivity contribution in [2.75, 3.05) is 26.7 Å². The molecule has 8 heteroatoms. The first-order valence-electron chi connectivity index (χ1n) is 11.4. The van der Waals surface area contributed by atoms with Crippen LogP contribution in [-0.4, -0.2) is 48.8 Å². The highest BCUT2D eigenvalue weighted by Gasteiger charge is 2.32. The van der Waals surface area contributed by atoms with Crippen LogP contribution >= 0.6 is 11.6 Å². The Bertz CT molecular complexity index is 746. The minimum atomic E-state index is -1.15. The molecule has 2 fully saturated rings. The first kappa shape index (κ1) is 24.2. The van der Waals surface area contributed by atoms with Crippen molar-refractivity contribution < 1.29 is 18.7 Å². The summed E-state index contributed by atoms with van der Waals surface area (Å²) < 4.78 is 27.8. The quantitative estimate of drug-likeness (QED) is 0.523. The Morgan fingerprint density at radius 1 is 1.23 bits per heavy atom. The van der Waals surface area contributed by atoms with Crippen molar-refractivity contribution in [1.82, 2.24) is 15.5 Å². The number of hydrogen-bond donors (Lipinski definition) is 3. The van der Waals surface area contributed by atoms with Gasteiger partial charge in [0.05, 0.1) is 6.10 Å². The van der Waals surface area contributed by atoms with Gasteiger partial charge in [-0.2, -0.15) is 0 Å². The van der Waals surface area contributed by atoms with E-state index in [4.69, 9.17) is 11.6 Å². The molecule has 1 aromatic carbocycles. The molecular weight excluding hydrogens is 424 g/mol. The highest BCUT2D eigenvalue weighted by Crippen LogP contribution is 2.34. The number of amides is 2. The summed E-state index contributed by atoms with van der Waals surface area (Å²) in [5.41, 5.74) is -0.0241. The minimum Gasteiger partial charge on any atom is -0.388 e. The molecular formula is C23H34ClF2N3O2. The van der Waals surface area contributed by atoms with Gasteiger partial charge in [-0.1, -0.05) is 49.8 Å². The molecule has 0 unspecified atom stereocenters. The van der Waals surface area contributed by atoms with E-state index in [1.165, 1.54) is 38.2 Å². The van der Waals surface area contributed by atoms with Crippen LogP contribution in [0.1, 0.15) is 63.0 Å². The van der Waals surface area contributed by atoms with E-state index in [2.05, 4.69) is 10.6 Å². The van der Waals surface area contributed by atoms with Crippen LogP contribution in [0.5, 0.6) is 0 Å². The number of urea groups is 1. The lowest BCUT2D eigenvalue weighted by atomic mass is 9.85. The predicted molar refractivity (Wildman–Crippen MR) is 118 cm³/mol. The van der Waals surface area contributed by atoms with Crippen molar-refractivity contribution in [2.45, 2.75) is 63.5 Å². The highest BCUT2D eigenvalue weighted by molar-refractivity contribution is 6.30. The van der Waals surface area contributed by atoms with Gasteiger partial charge in [0.2, 0.25) is 0 Å². The zero-order chi connectivity index (χ0) is 22.4. The Labute approximate surface area is 188 Å². The fourth-order valence-electron chi connectivity index (χ4n) is 5.01. The van der Waals surface area contributed by atoms with Crippen LogP contribution in [0.15, 0.2) is 12.1 Å². The van der Waals surface area contributed by atoms with Crippen molar-refractivity contribution in [2.24, 2.45) is 11.8 Å². The Morgan fingerprint density at radius 2 is 1.97 bits per heavy atom. The zero-order valence-electron chi connectivity index (χ0n) is 18.2. The molecule has 1 aromatic rings. The van der Waals surface area contributed by atoms with Crippen LogP contribution in [-0.2, 0) is 0 Å². The van der Waals surface area contributed by atoms with Crippen LogP contribution in [0, 0.1) is 23.5 Å². The molecule has 5 nitrogen and oxygen atoms in total. The summed E-state index contributed by atoms with van der Waals surface area (Å²) in [6, 6.07) is 2.20. The zero-order valence-corrected chi connectivity index (χ0v) is 18.9. The van der Waals surface area contributed by atoms with E-state index in [1.54, 1.807) is 4.90 Å². The molecule has 1 aliphatic carbocycles. The molecule has 31 heavy (non-hydrogen) atoms. The fraction of sp³-hybridized carbons (Fsp3) is 0.696. The molecule has 3 atom stereocenters. The number of carbonyl (C=O) groups excluding carboxylic acids is 1. The molecule has 3 rings (SSSR count). The number of nitrogens with zero attached hydrogens (tertiary/aromatic N) is 1. The molecule has 0 radical (unpaired) electrons. The molecule has 174 valence electrons. The van der Waals surface area contributed by atoms with Crippen molar-refractivity contribution in [3.8, 4) is 0 Å². The largest absolute Gasteiger partial charge is 0.388 e. The summed E-state index contributed by atoms with van der Waals surface area (Å²) >= 11 is 5.67. The number of aliphatic hydroxyl groups is 1. The van der Waals surface area contributed by atoms with Crippen LogP contribution in [0.3, 0.4) is 0 Å². The monoisotopic (exact) mass is 457 g/mol. The number of halogens is 3. The number of benzene rings is 1. The average molecular weight is 458 g/mol. The molecule has 1 saturated heterocycles. The van der Waals surface area contributed by atoms with Crippen molar-refractivity contribution >= 4 is 17.6 Å². The third-order valence-electron chi connectivity index (χ3n) is 6.70. The molecule has 0 spiro atoms. The summed E-state index contributed by atoms with van der Waals surface area (Å²) in [6.45, 7) is 1.62. The second-order valence-corrected chi connectivity index (χ2v) is 9.38. The van der Waals surface area contributed by atoms with Gasteiger partial charge in [-0.05, 0) is 38.3 Å². The first-order valence-corrected chi connectivity index (χ1v) is 11.8. The van der Waals surface area contributed by atoms with Crippen molar-refractivity contribution in [1.29, 1.82) is 0 Å². The molecule has 3 N–H and O–H groups in total. The van der Waals surface area contributed by atoms with Gasteiger partial charge >= 0.3 is 6.03 Å². The predicted octanol–water partition coefficient (Wildman–Crippen LogP) is 4.63. The molecule has 0 aromatic heterocycles. The Balaban J connectivity index is 1.60. The van der Waals surface area contributed by atoms with Gasteiger partial charge in [0.1, 0.15) is 10.8 Å². The second-order valence-electron chi connectivity index (χ2n) is 9.00. The molecule has 1 heterocycles. The molecule has 2 amide bonds. The highest BCUT2D eigenvalue weighted by atomic mass is 35.5. The molecule has 1 aliphatic heterocycles. The maximum Gasteiger partial charge on any atom is 0.317 e. The summed E-state index contributed by atoms with van der Waals surface area (Å²) in [5.74, 6) is -1.48. The van der Waals surface area contributed by atoms with Gasteiger partial charge in [0, 0.05) is 37.2 Å². The number of hydrogen-bond acceptors (Lipinski definition) is 3. The third kappa shape index (κ3) is 6.30. The average Bonchev–Trinajstić information content (AvgIpc) is 2.78. The Morgan fingerprint density at radius 3 is 2.68 bits per heavy atom. The van der Waals surface area contributed by atoms with Crippen LogP contribution in [0.2, 0.25) is 5.02 Å². The summed E-state index contributed by atoms with van der Waals surface area (Å²) in [7, 11) is 1.88. The van der Waals surface area contributed by atoms with E-state index >= 15 is 0 Å². The van der Waals surface area contributed by atoms with Gasteiger partial charge in [-0.15, -0.1) is 0 Å². The van der Waals surface area contributed by atoms with E-state index < -0.39 is 22.8 Å². The molecule has 1 saturated carbocycles. The third-order valence-corrected chi connectivity index (χ3v) is 7.04. The lowest BCUT2D eigenvalue weighted by Gasteiger charge is -2.36. The summed E-state index contributed by atoms with van der Waals surface area (Å²) in [6.07, 6.45) is 7.46. The van der Waals surface area contributed by atoms with E-state index in [0.29, 0.717) is 38.4 Å². The van der Waals surface area contributed by atoms with E-state index in [0.717, 1.165) is 12.5 Å². The number of aliphatic hydroxyl groups excluding tert-OH is 1. The van der Waals surface area contributed by atoms with Crippen molar-refractivity contribution in [3.05, 3.63) is 34.4 Å². The molecule has 2 aliphatic rings. The number of piperidine rings is 1. The van der Waals surface area contributed by atoms with Crippen LogP contribution in [0.25, 0.3) is 0 Å². The smallest absolute Gasteiger partial charge is 0.317 e. The standard InChI is InChI=1S/C23H34ClF2N3O2/c1-27-13-17(12-15-6-3-2-4-7-15)28-23(31)29-11-5-8-16(14-29)22(30)18-9-10-19(25)20(24)21(18)26/h9-10,15-17,22,27,30H,2-8,11-14H2,1H3,(H,28,31)/t16-,17+,22+/m1/s1. The number of likely N-dealkylation sites (N-methyl/N-ethyl adjacent to an activating group) is 1. The van der Waals surface area contributed by atoms with Gasteiger partial charge in [0.25, 0.3) is 0 Å². The number of rotatable bonds is 7. The van der Waals surface area contributed by atoms with Crippen molar-refractivity contribution in [3.63, 3.8) is 0 Å². The fourth-order valence-corrected chi connectivity index (χ4v) is 5.18. The first-order chi connectivity index (χ1) is 14.9. The van der Waals surface area contributed by atoms with Crippen LogP contribution in [0.4, 0.5) is 13.6 Å². The van der Waals surface area contributed by atoms with E-state index in [9.17, 15) is 18.7 Å². The lowest BCUT2D eigenvalue weighted by Crippen LogP contribution is -2.51. The topological polar surface area (TPSA) is 64.6 Å². The van der Waals surface area contributed by atoms with E-state index in [1.807, 2.05) is 7.05 Å². The normalized spacial score (nSPS) is 22.2. The Kier molecular flexibility index (Phi) is 8.93. The van der Waals surface area contributed by atoms with Gasteiger partial charge in [0.15, 0.2) is 5.82 Å². The van der Waals surface area contributed by atoms with Gasteiger partial charge in [-0.3, -0.25) is 0 Å². The SMILES string of the molecule is CNC[C@H](CC1CCCCC1)NC(=O)N1CCC[C@@H]([C@H](O)c2ccc(F)c(Cl)c2F)C1. The van der Waals surface area contributed by atoms with Gasteiger partial charge < -0.3 is 20.6 Å². The number of carbonyl (C=O) groups is 1. The lowest BCUT2D eigenvalue weighted by molar-refractivity contribution is 0.0579. The Hall–Kier alpha value is -1.44. The van der Waals surface area contributed by atoms with E-state index in [-0.39, 0.29) is 23.6 Å². The second kappa shape index (κ2) is 11.4. The minimum absolute atomic E-state index is 0.0241.